The van der Waals surface area contributed by atoms with Crippen molar-refractivity contribution in [3.05, 3.63) is 16.6 Å². The third-order valence-electron chi connectivity index (χ3n) is 10.7. The molecule has 0 unspecified atom stereocenters. The van der Waals surface area contributed by atoms with E-state index < -0.39 is 11.3 Å². The number of hydrogen-bond donors (Lipinski definition) is 2. The average Bonchev–Trinajstić information content (AvgIpc) is 3.39. The summed E-state index contributed by atoms with van der Waals surface area (Å²) in [7, 11) is 0. The number of alkyl halides is 2. The summed E-state index contributed by atoms with van der Waals surface area (Å²) < 4.78 is 36.4. The van der Waals surface area contributed by atoms with Crippen LogP contribution in [0.25, 0.3) is 0 Å². The zero-order valence-electron chi connectivity index (χ0n) is 27.3. The van der Waals surface area contributed by atoms with Crippen LogP contribution in [-0.4, -0.2) is 108 Å². The van der Waals surface area contributed by atoms with Gasteiger partial charge in [0.2, 0.25) is 17.7 Å². The Balaban J connectivity index is 0.000000391. The first-order valence-electron chi connectivity index (χ1n) is 16.8. The topological polar surface area (TPSA) is 121 Å². The predicted molar refractivity (Wildman–Crippen MR) is 171 cm³/mol. The second kappa shape index (κ2) is 14.5. The molecule has 1 aromatic rings. The van der Waals surface area contributed by atoms with Crippen LogP contribution in [-0.2, 0) is 19.1 Å². The number of rotatable bonds is 9. The molecule has 0 radical (unpaired) electrons. The second-order valence-electron chi connectivity index (χ2n) is 14.6. The first kappa shape index (κ1) is 35.1. The molecule has 5 fully saturated rings. The van der Waals surface area contributed by atoms with Crippen molar-refractivity contribution in [2.75, 3.05) is 52.6 Å². The molecule has 3 atom stereocenters. The van der Waals surface area contributed by atoms with Gasteiger partial charge in [-0.1, -0.05) is 20.8 Å². The summed E-state index contributed by atoms with van der Waals surface area (Å²) in [6.45, 7) is 10.2. The molecular weight excluding hydrogens is 618 g/mol. The molecule has 6 rings (SSSR count). The van der Waals surface area contributed by atoms with Gasteiger partial charge in [-0.05, 0) is 49.9 Å². The number of halogens is 2. The highest BCUT2D eigenvalue weighted by Gasteiger charge is 2.62. The van der Waals surface area contributed by atoms with Crippen molar-refractivity contribution < 1.29 is 39.2 Å². The molecule has 5 aliphatic rings. The van der Waals surface area contributed by atoms with Gasteiger partial charge in [0.1, 0.15) is 4.88 Å². The van der Waals surface area contributed by atoms with Gasteiger partial charge < -0.3 is 29.7 Å². The lowest BCUT2D eigenvalue weighted by molar-refractivity contribution is -0.151. The Hall–Kier alpha value is -2.22. The molecular formula is C33H52F2N4O6S. The summed E-state index contributed by atoms with van der Waals surface area (Å²) in [5, 5.41) is 11.8. The molecule has 13 heteroatoms. The molecule has 0 aromatic carbocycles. The van der Waals surface area contributed by atoms with Gasteiger partial charge in [0.15, 0.2) is 0 Å². The van der Waals surface area contributed by atoms with Crippen molar-refractivity contribution in [2.24, 2.45) is 28.6 Å². The van der Waals surface area contributed by atoms with Crippen LogP contribution in [0.2, 0.25) is 0 Å². The second-order valence-corrected chi connectivity index (χ2v) is 15.5. The Kier molecular flexibility index (Phi) is 11.1. The van der Waals surface area contributed by atoms with Gasteiger partial charge in [0, 0.05) is 71.6 Å². The van der Waals surface area contributed by atoms with Crippen molar-refractivity contribution in [1.29, 1.82) is 0 Å². The number of aliphatic hydroxyl groups is 1. The molecule has 3 saturated heterocycles. The van der Waals surface area contributed by atoms with Gasteiger partial charge in [0.25, 0.3) is 5.91 Å². The van der Waals surface area contributed by atoms with Crippen LogP contribution < -0.4 is 5.32 Å². The van der Waals surface area contributed by atoms with Gasteiger partial charge in [-0.25, -0.2) is 8.78 Å². The van der Waals surface area contributed by atoms with Gasteiger partial charge in [-0.2, -0.15) is 0 Å². The highest BCUT2D eigenvalue weighted by atomic mass is 32.1. The minimum atomic E-state index is -2.45. The van der Waals surface area contributed by atoms with E-state index in [4.69, 9.17) is 14.6 Å². The molecule has 4 heterocycles. The number of nitrogens with zero attached hydrogens (tertiary/aromatic N) is 3. The number of hydrogen-bond acceptors (Lipinski definition) is 8. The van der Waals surface area contributed by atoms with Crippen LogP contribution in [0.1, 0.15) is 83.2 Å². The van der Waals surface area contributed by atoms with Crippen LogP contribution in [0.3, 0.4) is 0 Å². The first-order valence-corrected chi connectivity index (χ1v) is 17.7. The van der Waals surface area contributed by atoms with Crippen LogP contribution in [0.4, 0.5) is 8.78 Å². The van der Waals surface area contributed by atoms with Crippen molar-refractivity contribution in [3.8, 4) is 0 Å². The van der Waals surface area contributed by atoms with Crippen LogP contribution in [0, 0.1) is 28.6 Å². The Morgan fingerprint density at radius 3 is 2.35 bits per heavy atom. The fourth-order valence-electron chi connectivity index (χ4n) is 7.20. The van der Waals surface area contributed by atoms with E-state index in [-0.39, 0.29) is 73.9 Å². The molecule has 0 bridgehead atoms. The molecule has 260 valence electrons. The van der Waals surface area contributed by atoms with Crippen LogP contribution >= 0.6 is 11.3 Å². The van der Waals surface area contributed by atoms with E-state index in [1.165, 1.54) is 11.3 Å². The minimum Gasteiger partial charge on any atom is -0.396 e. The van der Waals surface area contributed by atoms with E-state index in [1.807, 2.05) is 11.8 Å². The van der Waals surface area contributed by atoms with Gasteiger partial charge in [-0.15, -0.1) is 11.3 Å². The van der Waals surface area contributed by atoms with Crippen LogP contribution in [0.5, 0.6) is 0 Å². The molecule has 2 N–H and O–H groups in total. The summed E-state index contributed by atoms with van der Waals surface area (Å²) in [6.07, 6.45) is 6.06. The van der Waals surface area contributed by atoms with E-state index in [0.29, 0.717) is 50.5 Å². The maximum Gasteiger partial charge on any atom is 0.265 e. The zero-order chi connectivity index (χ0) is 33.1. The zero-order valence-corrected chi connectivity index (χ0v) is 28.2. The number of aromatic nitrogens is 1. The molecule has 1 aromatic heterocycles. The number of carbonyl (C=O) groups excluding carboxylic acids is 3. The SMILES string of the molecule is CC[C@@H](COC1CCOCC1)NC(=O)[C@@H]1CN(C(=O)c2cncs2)CC12CN(C(=O)[C@H]1CC1(C)C)C2.OCC1CCC(F)(F)CC1.[HH]. The van der Waals surface area contributed by atoms with Crippen molar-refractivity contribution in [3.63, 3.8) is 0 Å². The highest BCUT2D eigenvalue weighted by molar-refractivity contribution is 7.11. The normalized spacial score (nSPS) is 27.3. The van der Waals surface area contributed by atoms with E-state index in [1.54, 1.807) is 16.6 Å². The molecule has 3 aliphatic heterocycles. The minimum absolute atomic E-state index is 0. The number of likely N-dealkylation sites (tertiary alicyclic amines) is 2. The number of aliphatic hydroxyl groups excluding tert-OH is 1. The van der Waals surface area contributed by atoms with Crippen molar-refractivity contribution >= 4 is 29.1 Å². The molecule has 3 amide bonds. The largest absolute Gasteiger partial charge is 0.396 e. The van der Waals surface area contributed by atoms with Gasteiger partial charge >= 0.3 is 0 Å². The Bertz CT molecular complexity index is 1200. The Morgan fingerprint density at radius 2 is 1.78 bits per heavy atom. The number of nitrogens with one attached hydrogen (secondary N) is 1. The first-order chi connectivity index (χ1) is 21.9. The summed E-state index contributed by atoms with van der Waals surface area (Å²) in [4.78, 5) is 48.0. The maximum atomic E-state index is 13.6. The fourth-order valence-corrected chi connectivity index (χ4v) is 7.79. The van der Waals surface area contributed by atoms with Crippen molar-refractivity contribution in [2.45, 2.75) is 90.2 Å². The molecule has 2 aliphatic carbocycles. The summed E-state index contributed by atoms with van der Waals surface area (Å²) in [5.74, 6) is -2.56. The number of thiazole rings is 1. The lowest BCUT2D eigenvalue weighted by Crippen LogP contribution is -2.64. The monoisotopic (exact) mass is 670 g/mol. The van der Waals surface area contributed by atoms with E-state index in [2.05, 4.69) is 24.1 Å². The summed E-state index contributed by atoms with van der Waals surface area (Å²) >= 11 is 1.31. The molecule has 1 spiro atoms. The fraction of sp³-hybridized carbons (Fsp3) is 0.818. The Morgan fingerprint density at radius 1 is 1.13 bits per heavy atom. The third kappa shape index (κ3) is 8.25. The van der Waals surface area contributed by atoms with Crippen LogP contribution in [0.15, 0.2) is 11.7 Å². The quantitative estimate of drug-likeness (QED) is 0.404. The molecule has 10 nitrogen and oxygen atoms in total. The standard InChI is InChI=1S/C26H38N4O5S.C7H12F2O.H2/c1-4-17(12-35-18-5-7-34-8-6-18)28-22(31)20-11-29(24(33)21-10-27-16-36-21)13-26(20)14-30(15-26)23(32)19-9-25(19,2)3;8-7(9)3-1-6(5-10)2-4-7;/h10,16-20H,4-9,11-15H2,1-3H3,(H,28,31);6,10H,1-5H2;1H/t17-,19+,20-;;/m0../s1. The number of amides is 3. The smallest absolute Gasteiger partial charge is 0.265 e. The summed E-state index contributed by atoms with van der Waals surface area (Å²) in [6, 6.07) is -0.0892. The number of ether oxygens (including phenoxy) is 2. The third-order valence-corrected chi connectivity index (χ3v) is 11.4. The predicted octanol–water partition coefficient (Wildman–Crippen LogP) is 4.23. The van der Waals surface area contributed by atoms with Gasteiger partial charge in [-0.3, -0.25) is 19.4 Å². The maximum absolute atomic E-state index is 13.6. The number of carbonyl (C=O) groups is 3. The summed E-state index contributed by atoms with van der Waals surface area (Å²) in [5.41, 5.74) is 1.31. The highest BCUT2D eigenvalue weighted by Crippen LogP contribution is 2.54. The lowest BCUT2D eigenvalue weighted by atomic mass is 9.70. The van der Waals surface area contributed by atoms with Gasteiger partial charge in [0.05, 0.1) is 36.4 Å². The van der Waals surface area contributed by atoms with E-state index in [9.17, 15) is 23.2 Å². The van der Waals surface area contributed by atoms with E-state index >= 15 is 0 Å². The lowest BCUT2D eigenvalue weighted by Gasteiger charge is -2.50. The molecule has 46 heavy (non-hydrogen) atoms. The Labute approximate surface area is 276 Å². The van der Waals surface area contributed by atoms with Crippen molar-refractivity contribution in [1.82, 2.24) is 20.1 Å². The average molecular weight is 671 g/mol. The van der Waals surface area contributed by atoms with E-state index in [0.717, 1.165) is 38.9 Å². The molecule has 2 saturated carbocycles.